The van der Waals surface area contributed by atoms with Gasteiger partial charge in [-0.25, -0.2) is 4.98 Å². The number of aromatic nitrogens is 1. The van der Waals surface area contributed by atoms with Gasteiger partial charge >= 0.3 is 0 Å². The minimum absolute atomic E-state index is 0.0950. The van der Waals surface area contributed by atoms with Crippen LogP contribution in [0, 0.1) is 0 Å². The van der Waals surface area contributed by atoms with E-state index < -0.39 is 0 Å². The summed E-state index contributed by atoms with van der Waals surface area (Å²) in [4.78, 5) is 6.67. The van der Waals surface area contributed by atoms with E-state index in [1.807, 2.05) is 18.2 Å². The molecule has 0 spiro atoms. The van der Waals surface area contributed by atoms with Crippen LogP contribution in [0.5, 0.6) is 5.88 Å². The Morgan fingerprint density at radius 1 is 1.06 bits per heavy atom. The van der Waals surface area contributed by atoms with Gasteiger partial charge in [0.2, 0.25) is 5.88 Å². The van der Waals surface area contributed by atoms with E-state index in [-0.39, 0.29) is 5.88 Å². The number of piperidine rings is 1. The molecule has 2 heterocycles. The quantitative estimate of drug-likeness (QED) is 0.879. The van der Waals surface area contributed by atoms with Crippen LogP contribution in [-0.4, -0.2) is 28.1 Å². The Morgan fingerprint density at radius 2 is 1.89 bits per heavy atom. The number of nitrogens with zero attached hydrogens (tertiary/aromatic N) is 2. The number of likely N-dealkylation sites (tertiary alicyclic amines) is 1. The Bertz CT molecular complexity index is 547. The van der Waals surface area contributed by atoms with Gasteiger partial charge in [-0.15, -0.1) is 0 Å². The second-order valence-corrected chi connectivity index (χ2v) is 4.99. The van der Waals surface area contributed by atoms with Crippen LogP contribution in [0.2, 0.25) is 0 Å². The van der Waals surface area contributed by atoms with E-state index in [1.165, 1.54) is 37.9 Å². The lowest BCUT2D eigenvalue weighted by molar-refractivity contribution is 0.221. The fourth-order valence-electron chi connectivity index (χ4n) is 2.70. The third-order valence-electron chi connectivity index (χ3n) is 3.65. The van der Waals surface area contributed by atoms with Gasteiger partial charge in [-0.2, -0.15) is 0 Å². The molecule has 3 heteroatoms. The number of benzene rings is 1. The number of aromatic hydroxyl groups is 1. The predicted molar refractivity (Wildman–Crippen MR) is 72.5 cm³/mol. The summed E-state index contributed by atoms with van der Waals surface area (Å²) in [7, 11) is 0. The summed E-state index contributed by atoms with van der Waals surface area (Å²) in [6.07, 6.45) is 3.98. The van der Waals surface area contributed by atoms with Crippen LogP contribution in [0.25, 0.3) is 10.9 Å². The van der Waals surface area contributed by atoms with E-state index >= 15 is 0 Å². The number of hydrogen-bond acceptors (Lipinski definition) is 3. The third-order valence-corrected chi connectivity index (χ3v) is 3.65. The number of fused-ring (bicyclic) bond motifs is 1. The molecule has 1 N–H and O–H groups in total. The van der Waals surface area contributed by atoms with Gasteiger partial charge in [0.05, 0.1) is 5.52 Å². The van der Waals surface area contributed by atoms with Crippen molar-refractivity contribution >= 4 is 10.9 Å². The maximum Gasteiger partial charge on any atom is 0.211 e. The lowest BCUT2D eigenvalue weighted by Gasteiger charge is -2.26. The van der Waals surface area contributed by atoms with Crippen molar-refractivity contribution in [3.05, 3.63) is 35.9 Å². The van der Waals surface area contributed by atoms with E-state index in [9.17, 15) is 5.11 Å². The number of pyridine rings is 1. The van der Waals surface area contributed by atoms with Crippen LogP contribution in [-0.2, 0) is 6.54 Å². The monoisotopic (exact) mass is 242 g/mol. The molecule has 1 aromatic carbocycles. The largest absolute Gasteiger partial charge is 0.493 e. The molecule has 3 rings (SSSR count). The molecule has 1 aliphatic heterocycles. The lowest BCUT2D eigenvalue weighted by Crippen LogP contribution is -2.29. The second-order valence-electron chi connectivity index (χ2n) is 4.99. The molecule has 0 radical (unpaired) electrons. The van der Waals surface area contributed by atoms with Crippen LogP contribution in [0.4, 0.5) is 0 Å². The fourth-order valence-corrected chi connectivity index (χ4v) is 2.70. The van der Waals surface area contributed by atoms with Gasteiger partial charge in [-0.1, -0.05) is 18.6 Å². The summed E-state index contributed by atoms with van der Waals surface area (Å²) in [6.45, 7) is 3.38. The minimum atomic E-state index is 0.0950. The Balaban J connectivity index is 1.91. The van der Waals surface area contributed by atoms with Gasteiger partial charge in [0.25, 0.3) is 0 Å². The molecular formula is C15H18N2O. The standard InChI is InChI=1S/C15H18N2O/c18-15-8-7-13-12(5-4-6-14(13)16-15)11-17-9-2-1-3-10-17/h4-8H,1-3,9-11H2,(H,16,18). The molecule has 1 fully saturated rings. The summed E-state index contributed by atoms with van der Waals surface area (Å²) in [6, 6.07) is 9.78. The highest BCUT2D eigenvalue weighted by atomic mass is 16.3. The molecule has 0 amide bonds. The van der Waals surface area contributed by atoms with E-state index in [4.69, 9.17) is 0 Å². The van der Waals surface area contributed by atoms with Gasteiger partial charge in [-0.3, -0.25) is 4.90 Å². The molecule has 1 aromatic heterocycles. The van der Waals surface area contributed by atoms with Crippen molar-refractivity contribution in [1.29, 1.82) is 0 Å². The van der Waals surface area contributed by atoms with Crippen molar-refractivity contribution in [3.63, 3.8) is 0 Å². The molecule has 3 nitrogen and oxygen atoms in total. The topological polar surface area (TPSA) is 36.4 Å². The first-order valence-electron chi connectivity index (χ1n) is 6.63. The Kier molecular flexibility index (Phi) is 3.15. The number of rotatable bonds is 2. The van der Waals surface area contributed by atoms with Crippen molar-refractivity contribution < 1.29 is 5.11 Å². The molecular weight excluding hydrogens is 224 g/mol. The first-order chi connectivity index (χ1) is 8.83. The smallest absolute Gasteiger partial charge is 0.211 e. The molecule has 0 bridgehead atoms. The maximum absolute atomic E-state index is 9.42. The first-order valence-corrected chi connectivity index (χ1v) is 6.63. The zero-order valence-electron chi connectivity index (χ0n) is 10.5. The molecule has 1 saturated heterocycles. The molecule has 18 heavy (non-hydrogen) atoms. The van der Waals surface area contributed by atoms with Gasteiger partial charge in [0.1, 0.15) is 0 Å². The predicted octanol–water partition coefficient (Wildman–Crippen LogP) is 2.93. The van der Waals surface area contributed by atoms with Gasteiger partial charge < -0.3 is 5.11 Å². The molecule has 0 atom stereocenters. The van der Waals surface area contributed by atoms with Gasteiger partial charge in [0.15, 0.2) is 0 Å². The zero-order valence-corrected chi connectivity index (χ0v) is 10.5. The fraction of sp³-hybridized carbons (Fsp3) is 0.400. The van der Waals surface area contributed by atoms with Gasteiger partial charge in [0, 0.05) is 18.0 Å². The Hall–Kier alpha value is -1.61. The lowest BCUT2D eigenvalue weighted by atomic mass is 10.1. The van der Waals surface area contributed by atoms with Crippen molar-refractivity contribution in [2.75, 3.05) is 13.1 Å². The minimum Gasteiger partial charge on any atom is -0.493 e. The third kappa shape index (κ3) is 2.31. The summed E-state index contributed by atoms with van der Waals surface area (Å²) in [5.41, 5.74) is 2.19. The van der Waals surface area contributed by atoms with E-state index in [2.05, 4.69) is 16.0 Å². The van der Waals surface area contributed by atoms with Crippen molar-refractivity contribution in [2.45, 2.75) is 25.8 Å². The zero-order chi connectivity index (χ0) is 12.4. The maximum atomic E-state index is 9.42. The van der Waals surface area contributed by atoms with Crippen molar-refractivity contribution in [3.8, 4) is 5.88 Å². The molecule has 0 unspecified atom stereocenters. The molecule has 2 aromatic rings. The van der Waals surface area contributed by atoms with E-state index in [0.29, 0.717) is 0 Å². The Morgan fingerprint density at radius 3 is 2.72 bits per heavy atom. The van der Waals surface area contributed by atoms with Crippen molar-refractivity contribution in [1.82, 2.24) is 9.88 Å². The highest BCUT2D eigenvalue weighted by molar-refractivity contribution is 5.82. The van der Waals surface area contributed by atoms with E-state index in [1.54, 1.807) is 6.07 Å². The second kappa shape index (κ2) is 4.94. The number of hydrogen-bond donors (Lipinski definition) is 1. The summed E-state index contributed by atoms with van der Waals surface area (Å²) < 4.78 is 0. The van der Waals surface area contributed by atoms with Crippen LogP contribution < -0.4 is 0 Å². The van der Waals surface area contributed by atoms with Gasteiger partial charge in [-0.05, 0) is 43.6 Å². The van der Waals surface area contributed by atoms with Crippen LogP contribution in [0.15, 0.2) is 30.3 Å². The highest BCUT2D eigenvalue weighted by Crippen LogP contribution is 2.22. The van der Waals surface area contributed by atoms with Crippen LogP contribution >= 0.6 is 0 Å². The highest BCUT2D eigenvalue weighted by Gasteiger charge is 2.12. The SMILES string of the molecule is Oc1ccc2c(CN3CCCCC3)cccc2n1. The summed E-state index contributed by atoms with van der Waals surface area (Å²) in [5.74, 6) is 0.0950. The van der Waals surface area contributed by atoms with Crippen molar-refractivity contribution in [2.24, 2.45) is 0 Å². The molecule has 1 aliphatic rings. The Labute approximate surface area is 107 Å². The normalized spacial score (nSPS) is 17.1. The average molecular weight is 242 g/mol. The summed E-state index contributed by atoms with van der Waals surface area (Å²) in [5, 5.41) is 10.6. The summed E-state index contributed by atoms with van der Waals surface area (Å²) >= 11 is 0. The molecule has 0 saturated carbocycles. The average Bonchev–Trinajstić information content (AvgIpc) is 2.40. The first kappa shape index (κ1) is 11.5. The molecule has 94 valence electrons. The van der Waals surface area contributed by atoms with E-state index in [0.717, 1.165) is 17.4 Å². The molecule has 0 aliphatic carbocycles. The van der Waals surface area contributed by atoms with Crippen LogP contribution in [0.3, 0.4) is 0 Å². The van der Waals surface area contributed by atoms with Crippen LogP contribution in [0.1, 0.15) is 24.8 Å².